The molecule has 0 aliphatic heterocycles. The Hall–Kier alpha value is -3.59. The van der Waals surface area contributed by atoms with Gasteiger partial charge in [0.25, 0.3) is 0 Å². The maximum absolute atomic E-state index is 14.2. The summed E-state index contributed by atoms with van der Waals surface area (Å²) in [5, 5.41) is 22.1. The molecule has 5 aromatic rings. The Morgan fingerprint density at radius 1 is 1.11 bits per heavy atom. The van der Waals surface area contributed by atoms with Crippen molar-refractivity contribution < 1.29 is 13.9 Å². The molecule has 1 saturated carbocycles. The lowest BCUT2D eigenvalue weighted by Gasteiger charge is -2.16. The average molecular weight is 518 g/mol. The Morgan fingerprint density at radius 3 is 2.76 bits per heavy atom. The van der Waals surface area contributed by atoms with Crippen molar-refractivity contribution in [3.63, 3.8) is 0 Å². The Labute approximate surface area is 217 Å². The number of aryl methyl sites for hydroxylation is 1. The number of nitrogens with one attached hydrogen (secondary N) is 1. The van der Waals surface area contributed by atoms with Gasteiger partial charge in [-0.1, -0.05) is 29.8 Å². The van der Waals surface area contributed by atoms with Crippen molar-refractivity contribution in [3.8, 4) is 34.0 Å². The monoisotopic (exact) mass is 517 g/mol. The predicted octanol–water partition coefficient (Wildman–Crippen LogP) is 5.75. The van der Waals surface area contributed by atoms with E-state index in [4.69, 9.17) is 21.0 Å². The molecular formula is C28H25ClFN5O2. The maximum Gasteiger partial charge on any atom is 0.227 e. The average Bonchev–Trinajstić information content (AvgIpc) is 3.62. The van der Waals surface area contributed by atoms with Crippen LogP contribution in [0.2, 0.25) is 5.02 Å². The number of nitrogens with zero attached hydrogens (tertiary/aromatic N) is 4. The van der Waals surface area contributed by atoms with Gasteiger partial charge in [-0.05, 0) is 72.4 Å². The normalized spacial score (nSPS) is 17.6. The minimum absolute atomic E-state index is 0.1000. The summed E-state index contributed by atoms with van der Waals surface area (Å²) in [5.41, 5.74) is 5.25. The van der Waals surface area contributed by atoms with Gasteiger partial charge in [0.15, 0.2) is 11.4 Å². The van der Waals surface area contributed by atoms with Gasteiger partial charge in [-0.2, -0.15) is 0 Å². The number of halogens is 2. The van der Waals surface area contributed by atoms with Crippen LogP contribution in [0.25, 0.3) is 45.1 Å². The van der Waals surface area contributed by atoms with Crippen LogP contribution in [-0.2, 0) is 13.6 Å². The molecule has 6 rings (SSSR count). The summed E-state index contributed by atoms with van der Waals surface area (Å²) >= 11 is 6.56. The lowest BCUT2D eigenvalue weighted by Crippen LogP contribution is -2.35. The lowest BCUT2D eigenvalue weighted by atomic mass is 9.97. The van der Waals surface area contributed by atoms with Gasteiger partial charge >= 0.3 is 0 Å². The Morgan fingerprint density at radius 2 is 1.97 bits per heavy atom. The predicted molar refractivity (Wildman–Crippen MR) is 140 cm³/mol. The summed E-state index contributed by atoms with van der Waals surface area (Å²) in [6.07, 6.45) is 4.11. The molecular weight excluding hydrogens is 493 g/mol. The van der Waals surface area contributed by atoms with E-state index < -0.39 is 0 Å². The van der Waals surface area contributed by atoms with Crippen molar-refractivity contribution >= 4 is 22.7 Å². The Bertz CT molecular complexity index is 1600. The Kier molecular flexibility index (Phi) is 6.24. The molecule has 2 atom stereocenters. The van der Waals surface area contributed by atoms with E-state index in [1.807, 2.05) is 43.4 Å². The quantitative estimate of drug-likeness (QED) is 0.298. The summed E-state index contributed by atoms with van der Waals surface area (Å²) in [6.45, 7) is 0.588. The first-order valence-electron chi connectivity index (χ1n) is 12.2. The minimum atomic E-state index is -0.348. The molecule has 3 aromatic carbocycles. The van der Waals surface area contributed by atoms with Crippen LogP contribution in [0.15, 0.2) is 65.3 Å². The molecule has 1 aliphatic carbocycles. The van der Waals surface area contributed by atoms with Gasteiger partial charge in [-0.15, -0.1) is 10.2 Å². The molecule has 2 aromatic heterocycles. The zero-order chi connectivity index (χ0) is 25.5. The van der Waals surface area contributed by atoms with Gasteiger partial charge in [0.05, 0.1) is 11.1 Å². The number of aromatic nitrogens is 4. The molecule has 2 N–H and O–H groups in total. The number of hydrogen-bond acceptors (Lipinski definition) is 6. The molecule has 0 saturated heterocycles. The van der Waals surface area contributed by atoms with Crippen molar-refractivity contribution in [1.82, 2.24) is 25.1 Å². The first-order chi connectivity index (χ1) is 18.0. The third-order valence-electron chi connectivity index (χ3n) is 6.91. The number of hydrogen-bond donors (Lipinski definition) is 2. The smallest absolute Gasteiger partial charge is 0.227 e. The van der Waals surface area contributed by atoms with Crippen LogP contribution in [-0.4, -0.2) is 37.0 Å². The van der Waals surface area contributed by atoms with E-state index >= 15 is 0 Å². The molecule has 188 valence electrons. The van der Waals surface area contributed by atoms with Crippen molar-refractivity contribution in [2.75, 3.05) is 0 Å². The van der Waals surface area contributed by atoms with E-state index in [1.54, 1.807) is 17.0 Å². The van der Waals surface area contributed by atoms with E-state index in [2.05, 4.69) is 15.5 Å². The minimum Gasteiger partial charge on any atom is -0.435 e. The highest BCUT2D eigenvalue weighted by molar-refractivity contribution is 6.34. The number of fused-ring (bicyclic) bond motifs is 1. The maximum atomic E-state index is 14.2. The van der Waals surface area contributed by atoms with Crippen molar-refractivity contribution in [1.29, 1.82) is 0 Å². The molecule has 1 fully saturated rings. The van der Waals surface area contributed by atoms with Crippen LogP contribution in [0.1, 0.15) is 24.8 Å². The molecule has 0 radical (unpaired) electrons. The van der Waals surface area contributed by atoms with Crippen LogP contribution in [0.5, 0.6) is 0 Å². The molecule has 2 heterocycles. The van der Waals surface area contributed by atoms with Gasteiger partial charge in [0, 0.05) is 30.8 Å². The second kappa shape index (κ2) is 9.70. The summed E-state index contributed by atoms with van der Waals surface area (Å²) in [5.74, 6) is 0.663. The first-order valence-corrected chi connectivity index (χ1v) is 12.6. The van der Waals surface area contributed by atoms with E-state index in [1.165, 1.54) is 12.1 Å². The molecule has 37 heavy (non-hydrogen) atoms. The summed E-state index contributed by atoms with van der Waals surface area (Å²) < 4.78 is 22.0. The van der Waals surface area contributed by atoms with Crippen molar-refractivity contribution in [3.05, 3.63) is 77.3 Å². The van der Waals surface area contributed by atoms with Crippen LogP contribution in [0.4, 0.5) is 4.39 Å². The zero-order valence-corrected chi connectivity index (χ0v) is 20.9. The van der Waals surface area contributed by atoms with Crippen LogP contribution in [0, 0.1) is 5.82 Å². The number of oxazole rings is 1. The van der Waals surface area contributed by atoms with Crippen molar-refractivity contribution in [2.45, 2.75) is 38.0 Å². The SMILES string of the molecule is Cn1cnnc1-c1cc(F)ccc1-c1cccc(-c2nc3cc(CN[C@@H]4CCC[C@@H]4O)cc(Cl)c3o2)c1. The van der Waals surface area contributed by atoms with Gasteiger partial charge < -0.3 is 19.4 Å². The fourth-order valence-corrected chi connectivity index (χ4v) is 5.28. The third-order valence-corrected chi connectivity index (χ3v) is 7.19. The second-order valence-electron chi connectivity index (χ2n) is 9.47. The standard InChI is InChI=1S/C28H25ClFN5O2/c1-35-15-32-34-27(35)21-13-19(30)8-9-20(21)17-4-2-5-18(12-17)28-33-24-11-16(10-22(29)26(24)37-28)14-31-23-6-3-7-25(23)36/h2,4-5,8-13,15,23,25,31,36H,3,6-7,14H2,1H3/t23-,25+/m1/s1. The van der Waals surface area contributed by atoms with Crippen LogP contribution in [0.3, 0.4) is 0 Å². The van der Waals surface area contributed by atoms with Crippen molar-refractivity contribution in [2.24, 2.45) is 7.05 Å². The number of benzene rings is 3. The summed E-state index contributed by atoms with van der Waals surface area (Å²) in [4.78, 5) is 4.72. The molecule has 9 heteroatoms. The van der Waals surface area contributed by atoms with Gasteiger partial charge in [0.1, 0.15) is 17.7 Å². The Balaban J connectivity index is 1.33. The fourth-order valence-electron chi connectivity index (χ4n) is 5.00. The summed E-state index contributed by atoms with van der Waals surface area (Å²) in [7, 11) is 1.82. The lowest BCUT2D eigenvalue weighted by molar-refractivity contribution is 0.148. The van der Waals surface area contributed by atoms with E-state index in [0.717, 1.165) is 41.5 Å². The van der Waals surface area contributed by atoms with Crippen LogP contribution < -0.4 is 5.32 Å². The highest BCUT2D eigenvalue weighted by Gasteiger charge is 2.24. The number of rotatable bonds is 6. The highest BCUT2D eigenvalue weighted by atomic mass is 35.5. The first kappa shape index (κ1) is 23.8. The summed E-state index contributed by atoms with van der Waals surface area (Å²) in [6, 6.07) is 16.3. The van der Waals surface area contributed by atoms with E-state index in [9.17, 15) is 9.50 Å². The molecule has 1 aliphatic rings. The largest absolute Gasteiger partial charge is 0.435 e. The number of aliphatic hydroxyl groups is 1. The molecule has 0 spiro atoms. The zero-order valence-electron chi connectivity index (χ0n) is 20.2. The molecule has 0 amide bonds. The fraction of sp³-hybridized carbons (Fsp3) is 0.250. The molecule has 7 nitrogen and oxygen atoms in total. The van der Waals surface area contributed by atoms with Gasteiger partial charge in [-0.3, -0.25) is 0 Å². The topological polar surface area (TPSA) is 89.0 Å². The second-order valence-corrected chi connectivity index (χ2v) is 9.87. The van der Waals surface area contributed by atoms with E-state index in [0.29, 0.717) is 39.9 Å². The molecule has 0 bridgehead atoms. The highest BCUT2D eigenvalue weighted by Crippen LogP contribution is 2.35. The van der Waals surface area contributed by atoms with Gasteiger partial charge in [0.2, 0.25) is 5.89 Å². The number of aliphatic hydroxyl groups excluding tert-OH is 1. The van der Waals surface area contributed by atoms with Crippen LogP contribution >= 0.6 is 11.6 Å². The third kappa shape index (κ3) is 4.64. The van der Waals surface area contributed by atoms with E-state index in [-0.39, 0.29) is 18.0 Å². The molecule has 0 unspecified atom stereocenters. The van der Waals surface area contributed by atoms with Gasteiger partial charge in [-0.25, -0.2) is 9.37 Å².